The van der Waals surface area contributed by atoms with E-state index in [-0.39, 0.29) is 5.69 Å². The molecule has 2 aromatic carbocycles. The second kappa shape index (κ2) is 7.38. The summed E-state index contributed by atoms with van der Waals surface area (Å²) in [6.45, 7) is 1.04. The summed E-state index contributed by atoms with van der Waals surface area (Å²) in [7, 11) is 0. The molecule has 2 aliphatic heterocycles. The van der Waals surface area contributed by atoms with Gasteiger partial charge in [0.05, 0.1) is 11.4 Å². The Morgan fingerprint density at radius 2 is 1.81 bits per heavy atom. The third kappa shape index (κ3) is 3.94. The highest BCUT2D eigenvalue weighted by molar-refractivity contribution is 5.84. The summed E-state index contributed by atoms with van der Waals surface area (Å²) in [6.07, 6.45) is 2.73. The molecule has 0 atom stereocenters. The summed E-state index contributed by atoms with van der Waals surface area (Å²) in [5.74, 6) is -0.504. The van der Waals surface area contributed by atoms with Gasteiger partial charge in [0.15, 0.2) is 0 Å². The van der Waals surface area contributed by atoms with E-state index in [4.69, 9.17) is 9.68 Å². The molecule has 27 heavy (non-hydrogen) atoms. The Morgan fingerprint density at radius 3 is 2.56 bits per heavy atom. The van der Waals surface area contributed by atoms with E-state index in [9.17, 15) is 9.18 Å². The van der Waals surface area contributed by atoms with Crippen LogP contribution in [-0.4, -0.2) is 29.8 Å². The maximum Gasteiger partial charge on any atom is 0.430 e. The molecule has 0 aliphatic carbocycles. The van der Waals surface area contributed by atoms with Gasteiger partial charge in [0.25, 0.3) is 0 Å². The van der Waals surface area contributed by atoms with Crippen molar-refractivity contribution in [3.63, 3.8) is 0 Å². The maximum absolute atomic E-state index is 13.6. The second-order valence-electron chi connectivity index (χ2n) is 6.61. The zero-order valence-electron chi connectivity index (χ0n) is 14.7. The molecule has 7 heteroatoms. The maximum atomic E-state index is 13.6. The number of hydroxylamine groups is 3. The molecule has 0 unspecified atom stereocenters. The van der Waals surface area contributed by atoms with Crippen LogP contribution in [0.5, 0.6) is 0 Å². The van der Waals surface area contributed by atoms with E-state index in [1.807, 2.05) is 30.3 Å². The molecule has 2 aliphatic rings. The first-order chi connectivity index (χ1) is 13.1. The Hall–Kier alpha value is -2.90. The average molecular weight is 369 g/mol. The third-order valence-corrected chi connectivity index (χ3v) is 4.75. The molecule has 2 aromatic rings. The smallest absolute Gasteiger partial charge is 0.351 e. The molecule has 2 heterocycles. The minimum absolute atomic E-state index is 0.0924. The highest BCUT2D eigenvalue weighted by Gasteiger charge is 2.39. The number of carbonyl (C=O) groups is 1. The van der Waals surface area contributed by atoms with E-state index < -0.39 is 17.5 Å². The predicted octanol–water partition coefficient (Wildman–Crippen LogP) is 3.70. The van der Waals surface area contributed by atoms with Crippen molar-refractivity contribution in [3.05, 3.63) is 72.1 Å². The quantitative estimate of drug-likeness (QED) is 0.864. The van der Waals surface area contributed by atoms with Gasteiger partial charge in [-0.2, -0.15) is 0 Å². The second-order valence-corrected chi connectivity index (χ2v) is 6.61. The highest BCUT2D eigenvalue weighted by Crippen LogP contribution is 2.34. The molecule has 6 nitrogen and oxygen atoms in total. The number of halogens is 1. The largest absolute Gasteiger partial charge is 0.430 e. The van der Waals surface area contributed by atoms with Crippen molar-refractivity contribution >= 4 is 17.5 Å². The number of anilines is 1. The van der Waals surface area contributed by atoms with Crippen molar-refractivity contribution in [2.45, 2.75) is 18.4 Å². The zero-order valence-corrected chi connectivity index (χ0v) is 14.7. The Balaban J connectivity index is 1.32. The van der Waals surface area contributed by atoms with Crippen LogP contribution in [-0.2, 0) is 9.68 Å². The van der Waals surface area contributed by atoms with Gasteiger partial charge in [0.2, 0.25) is 0 Å². The molecule has 4 rings (SSSR count). The van der Waals surface area contributed by atoms with Crippen molar-refractivity contribution in [1.82, 2.24) is 10.5 Å². The number of benzene rings is 2. The van der Waals surface area contributed by atoms with Crippen LogP contribution in [0.25, 0.3) is 5.70 Å². The molecule has 1 fully saturated rings. The monoisotopic (exact) mass is 369 g/mol. The van der Waals surface area contributed by atoms with Gasteiger partial charge in [-0.05, 0) is 36.6 Å². The number of hydrogen-bond donors (Lipinski definition) is 2. The van der Waals surface area contributed by atoms with Gasteiger partial charge in [-0.25, -0.2) is 9.18 Å². The molecule has 1 saturated heterocycles. The number of piperidine rings is 1. The zero-order chi connectivity index (χ0) is 18.7. The predicted molar refractivity (Wildman–Crippen MR) is 98.7 cm³/mol. The van der Waals surface area contributed by atoms with Crippen molar-refractivity contribution in [2.24, 2.45) is 0 Å². The lowest BCUT2D eigenvalue weighted by molar-refractivity contribution is -0.153. The summed E-state index contributed by atoms with van der Waals surface area (Å²) in [4.78, 5) is 23.1. The number of para-hydroxylation sites is 1. The van der Waals surface area contributed by atoms with Crippen molar-refractivity contribution in [1.29, 1.82) is 0 Å². The van der Waals surface area contributed by atoms with E-state index >= 15 is 0 Å². The molecule has 0 radical (unpaired) electrons. The number of amides is 1. The lowest BCUT2D eigenvalue weighted by Gasteiger charge is -2.35. The summed E-state index contributed by atoms with van der Waals surface area (Å²) in [5, 5.41) is 3.98. The Morgan fingerprint density at radius 1 is 1.11 bits per heavy atom. The van der Waals surface area contributed by atoms with Crippen molar-refractivity contribution in [3.8, 4) is 0 Å². The number of hydrogen-bond acceptors (Lipinski definition) is 5. The van der Waals surface area contributed by atoms with Gasteiger partial charge in [-0.15, -0.1) is 5.06 Å². The van der Waals surface area contributed by atoms with Crippen LogP contribution in [0.3, 0.4) is 0 Å². The van der Waals surface area contributed by atoms with E-state index in [2.05, 4.69) is 16.9 Å². The number of carbonyl (C=O) groups excluding carboxylic acids is 1. The summed E-state index contributed by atoms with van der Waals surface area (Å²) < 4.78 is 13.6. The molecule has 1 spiro atoms. The third-order valence-electron chi connectivity index (χ3n) is 4.75. The summed E-state index contributed by atoms with van der Waals surface area (Å²) >= 11 is 0. The van der Waals surface area contributed by atoms with Crippen LogP contribution in [0.1, 0.15) is 18.4 Å². The van der Waals surface area contributed by atoms with Gasteiger partial charge < -0.3 is 4.84 Å². The van der Waals surface area contributed by atoms with E-state index in [1.54, 1.807) is 17.2 Å². The lowest BCUT2D eigenvalue weighted by atomic mass is 9.91. The molecular formula is C20H20FN3O3. The average Bonchev–Trinajstić information content (AvgIpc) is 3.10. The fourth-order valence-corrected chi connectivity index (χ4v) is 3.25. The van der Waals surface area contributed by atoms with Gasteiger partial charge >= 0.3 is 6.09 Å². The van der Waals surface area contributed by atoms with Crippen molar-refractivity contribution < 1.29 is 18.9 Å². The minimum Gasteiger partial charge on any atom is -0.351 e. The fourth-order valence-electron chi connectivity index (χ4n) is 3.25. The lowest BCUT2D eigenvalue weighted by Crippen LogP contribution is -2.45. The van der Waals surface area contributed by atoms with E-state index in [1.165, 1.54) is 12.1 Å². The summed E-state index contributed by atoms with van der Waals surface area (Å²) in [5.41, 5.74) is 4.70. The first-order valence-corrected chi connectivity index (χ1v) is 8.84. The topological polar surface area (TPSA) is 62.8 Å². The Bertz CT molecular complexity index is 849. The Labute approximate surface area is 156 Å². The van der Waals surface area contributed by atoms with Crippen molar-refractivity contribution in [2.75, 3.05) is 18.4 Å². The minimum atomic E-state index is -0.706. The molecule has 2 N–H and O–H groups in total. The van der Waals surface area contributed by atoms with E-state index in [0.29, 0.717) is 25.9 Å². The molecule has 140 valence electrons. The molecule has 1 amide bonds. The van der Waals surface area contributed by atoms with Gasteiger partial charge in [-0.3, -0.25) is 15.6 Å². The number of nitrogens with zero attached hydrogens (tertiary/aromatic N) is 1. The Kier molecular flexibility index (Phi) is 4.79. The van der Waals surface area contributed by atoms with Crippen LogP contribution in [0.4, 0.5) is 14.9 Å². The highest BCUT2D eigenvalue weighted by atomic mass is 19.1. The number of nitrogens with one attached hydrogen (secondary N) is 2. The molecular weight excluding hydrogens is 349 g/mol. The van der Waals surface area contributed by atoms with Crippen LogP contribution in [0, 0.1) is 5.82 Å². The van der Waals surface area contributed by atoms with Crippen LogP contribution in [0.15, 0.2) is 60.7 Å². The molecule has 0 bridgehead atoms. The van der Waals surface area contributed by atoms with Crippen LogP contribution in [0.2, 0.25) is 0 Å². The first kappa shape index (κ1) is 17.5. The SMILES string of the molecule is O=C(Nc1ccccc1F)ON1CCC2(C=C(c3ccccc3)NO2)CC1. The normalized spacial score (nSPS) is 18.6. The van der Waals surface area contributed by atoms with Gasteiger partial charge in [0.1, 0.15) is 11.4 Å². The standard InChI is InChI=1S/C20H20FN3O3/c21-16-8-4-5-9-17(16)22-19(25)26-24-12-10-20(11-13-24)14-18(23-27-20)15-6-2-1-3-7-15/h1-9,14,23H,10-13H2,(H,22,25). The van der Waals surface area contributed by atoms with Gasteiger partial charge in [0, 0.05) is 13.1 Å². The fraction of sp³-hybridized carbons (Fsp3) is 0.250. The van der Waals surface area contributed by atoms with E-state index in [0.717, 1.165) is 11.3 Å². The van der Waals surface area contributed by atoms with Gasteiger partial charge in [-0.1, -0.05) is 42.5 Å². The summed E-state index contributed by atoms with van der Waals surface area (Å²) in [6, 6.07) is 15.9. The number of rotatable bonds is 3. The molecule has 0 saturated carbocycles. The first-order valence-electron chi connectivity index (χ1n) is 8.84. The molecule has 0 aromatic heterocycles. The van der Waals surface area contributed by atoms with Crippen LogP contribution >= 0.6 is 0 Å². The van der Waals surface area contributed by atoms with Crippen LogP contribution < -0.4 is 10.8 Å².